The van der Waals surface area contributed by atoms with Crippen molar-refractivity contribution in [3.05, 3.63) is 24.3 Å². The van der Waals surface area contributed by atoms with Gasteiger partial charge in [0.1, 0.15) is 15.9 Å². The Hall–Kier alpha value is -1.07. The predicted molar refractivity (Wildman–Crippen MR) is 54.8 cm³/mol. The van der Waals surface area contributed by atoms with Gasteiger partial charge in [-0.05, 0) is 37.6 Å². The van der Waals surface area contributed by atoms with Crippen LogP contribution in [0, 0.1) is 0 Å². The molecule has 0 N–H and O–H groups in total. The highest BCUT2D eigenvalue weighted by Gasteiger charge is 2.03. The van der Waals surface area contributed by atoms with Crippen LogP contribution in [0.3, 0.4) is 0 Å². The third-order valence-corrected chi connectivity index (χ3v) is 2.87. The van der Waals surface area contributed by atoms with E-state index in [0.717, 1.165) is 6.42 Å². The Labute approximate surface area is 89.6 Å². The molecule has 15 heavy (non-hydrogen) atoms. The molecular formula is C10H13O4S-. The molecule has 1 aromatic rings. The van der Waals surface area contributed by atoms with E-state index in [1.165, 1.54) is 24.3 Å². The van der Waals surface area contributed by atoms with E-state index in [4.69, 9.17) is 4.74 Å². The molecule has 0 saturated carbocycles. The van der Waals surface area contributed by atoms with Crippen molar-refractivity contribution in [1.29, 1.82) is 0 Å². The first-order valence-corrected chi connectivity index (χ1v) is 6.07. The van der Waals surface area contributed by atoms with E-state index in [0.29, 0.717) is 5.75 Å². The SMILES string of the molecule is CCC(C)Oc1ccc(S(=O)(=O)[O-])cc1. The molecule has 5 heteroatoms. The van der Waals surface area contributed by atoms with Crippen LogP contribution >= 0.6 is 0 Å². The summed E-state index contributed by atoms with van der Waals surface area (Å²) in [5.41, 5.74) is 0. The van der Waals surface area contributed by atoms with Crippen LogP contribution in [-0.4, -0.2) is 19.1 Å². The zero-order chi connectivity index (χ0) is 11.5. The van der Waals surface area contributed by atoms with Crippen molar-refractivity contribution < 1.29 is 17.7 Å². The lowest BCUT2D eigenvalue weighted by Gasteiger charge is -2.13. The van der Waals surface area contributed by atoms with Crippen LogP contribution in [0.25, 0.3) is 0 Å². The molecule has 0 aliphatic rings. The standard InChI is InChI=1S/C10H14O4S/c1-3-8(2)14-9-4-6-10(7-5-9)15(11,12)13/h4-8H,3H2,1-2H3,(H,11,12,13)/p-1. The molecule has 1 unspecified atom stereocenters. The number of benzene rings is 1. The fourth-order valence-electron chi connectivity index (χ4n) is 1.00. The van der Waals surface area contributed by atoms with E-state index in [2.05, 4.69) is 0 Å². The van der Waals surface area contributed by atoms with E-state index in [1.54, 1.807) is 0 Å². The van der Waals surface area contributed by atoms with Crippen molar-refractivity contribution in [3.63, 3.8) is 0 Å². The van der Waals surface area contributed by atoms with Gasteiger partial charge < -0.3 is 9.29 Å². The minimum atomic E-state index is -4.36. The van der Waals surface area contributed by atoms with Gasteiger partial charge in [-0.2, -0.15) is 0 Å². The quantitative estimate of drug-likeness (QED) is 0.738. The molecule has 0 radical (unpaired) electrons. The van der Waals surface area contributed by atoms with Crippen molar-refractivity contribution in [1.82, 2.24) is 0 Å². The second kappa shape index (κ2) is 4.63. The minimum absolute atomic E-state index is 0.0692. The molecular weight excluding hydrogens is 216 g/mol. The van der Waals surface area contributed by atoms with Gasteiger partial charge in [0.05, 0.1) is 11.0 Å². The van der Waals surface area contributed by atoms with Gasteiger partial charge in [-0.3, -0.25) is 0 Å². The lowest BCUT2D eigenvalue weighted by Crippen LogP contribution is -2.09. The maximum absolute atomic E-state index is 10.6. The molecule has 0 spiro atoms. The van der Waals surface area contributed by atoms with Crippen LogP contribution in [0.5, 0.6) is 5.75 Å². The topological polar surface area (TPSA) is 66.4 Å². The van der Waals surface area contributed by atoms with Crippen LogP contribution in [0.1, 0.15) is 20.3 Å². The highest BCUT2D eigenvalue weighted by Crippen LogP contribution is 2.17. The maximum Gasteiger partial charge on any atom is 0.124 e. The van der Waals surface area contributed by atoms with Crippen LogP contribution < -0.4 is 4.74 Å². The first kappa shape index (κ1) is 12.0. The van der Waals surface area contributed by atoms with Gasteiger partial charge in [-0.25, -0.2) is 8.42 Å². The van der Waals surface area contributed by atoms with E-state index in [1.807, 2.05) is 13.8 Å². The van der Waals surface area contributed by atoms with Crippen molar-refractivity contribution in [2.24, 2.45) is 0 Å². The molecule has 0 heterocycles. The fourth-order valence-corrected chi connectivity index (χ4v) is 1.47. The molecule has 1 rings (SSSR count). The average Bonchev–Trinajstić information content (AvgIpc) is 2.17. The number of ether oxygens (including phenoxy) is 1. The van der Waals surface area contributed by atoms with E-state index < -0.39 is 10.1 Å². The summed E-state index contributed by atoms with van der Waals surface area (Å²) in [6.07, 6.45) is 0.932. The van der Waals surface area contributed by atoms with Gasteiger partial charge in [0.25, 0.3) is 0 Å². The summed E-state index contributed by atoms with van der Waals surface area (Å²) in [4.78, 5) is -0.237. The summed E-state index contributed by atoms with van der Waals surface area (Å²) in [7, 11) is -4.36. The molecule has 0 fully saturated rings. The second-order valence-electron chi connectivity index (χ2n) is 3.26. The molecule has 0 aliphatic carbocycles. The minimum Gasteiger partial charge on any atom is -0.744 e. The molecule has 4 nitrogen and oxygen atoms in total. The molecule has 0 aliphatic heterocycles. The summed E-state index contributed by atoms with van der Waals surface area (Å²) in [6.45, 7) is 3.90. The summed E-state index contributed by atoms with van der Waals surface area (Å²) >= 11 is 0. The first-order chi connectivity index (χ1) is 6.93. The van der Waals surface area contributed by atoms with Gasteiger partial charge in [0, 0.05) is 0 Å². The van der Waals surface area contributed by atoms with Crippen molar-refractivity contribution >= 4 is 10.1 Å². The van der Waals surface area contributed by atoms with E-state index in [-0.39, 0.29) is 11.0 Å². The van der Waals surface area contributed by atoms with Crippen LogP contribution in [0.15, 0.2) is 29.2 Å². The Morgan fingerprint density at radius 3 is 2.27 bits per heavy atom. The summed E-state index contributed by atoms with van der Waals surface area (Å²) < 4.78 is 37.3. The molecule has 0 bridgehead atoms. The maximum atomic E-state index is 10.6. The molecule has 0 aromatic heterocycles. The average molecular weight is 229 g/mol. The second-order valence-corrected chi connectivity index (χ2v) is 4.64. The summed E-state index contributed by atoms with van der Waals surface area (Å²) in [5.74, 6) is 0.566. The largest absolute Gasteiger partial charge is 0.744 e. The number of hydrogen-bond acceptors (Lipinski definition) is 4. The predicted octanol–water partition coefficient (Wildman–Crippen LogP) is 1.77. The third kappa shape index (κ3) is 3.53. The molecule has 0 amide bonds. The summed E-state index contributed by atoms with van der Waals surface area (Å²) in [6, 6.07) is 5.47. The fraction of sp³-hybridized carbons (Fsp3) is 0.400. The highest BCUT2D eigenvalue weighted by molar-refractivity contribution is 7.85. The lowest BCUT2D eigenvalue weighted by molar-refractivity contribution is 0.217. The van der Waals surface area contributed by atoms with Crippen molar-refractivity contribution in [2.75, 3.05) is 0 Å². The lowest BCUT2D eigenvalue weighted by atomic mass is 10.3. The van der Waals surface area contributed by atoms with Crippen LogP contribution in [0.4, 0.5) is 0 Å². The van der Waals surface area contributed by atoms with Gasteiger partial charge in [0.15, 0.2) is 0 Å². The molecule has 1 atom stereocenters. The third-order valence-electron chi connectivity index (χ3n) is 2.02. The van der Waals surface area contributed by atoms with Gasteiger partial charge in [-0.1, -0.05) is 6.92 Å². The van der Waals surface area contributed by atoms with Gasteiger partial charge >= 0.3 is 0 Å². The van der Waals surface area contributed by atoms with Gasteiger partial charge in [-0.15, -0.1) is 0 Å². The zero-order valence-electron chi connectivity index (χ0n) is 8.64. The Bertz CT molecular complexity index is 408. The first-order valence-electron chi connectivity index (χ1n) is 4.66. The van der Waals surface area contributed by atoms with Crippen LogP contribution in [0.2, 0.25) is 0 Å². The Balaban J connectivity index is 2.82. The monoisotopic (exact) mass is 229 g/mol. The van der Waals surface area contributed by atoms with E-state index in [9.17, 15) is 13.0 Å². The summed E-state index contributed by atoms with van der Waals surface area (Å²) in [5, 5.41) is 0. The molecule has 84 valence electrons. The highest BCUT2D eigenvalue weighted by atomic mass is 32.2. The Kier molecular flexibility index (Phi) is 3.71. The smallest absolute Gasteiger partial charge is 0.124 e. The molecule has 0 saturated heterocycles. The van der Waals surface area contributed by atoms with Crippen LogP contribution in [-0.2, 0) is 10.1 Å². The Morgan fingerprint density at radius 1 is 1.33 bits per heavy atom. The normalized spacial score (nSPS) is 13.5. The molecule has 1 aromatic carbocycles. The van der Waals surface area contributed by atoms with Gasteiger partial charge in [0.2, 0.25) is 0 Å². The number of hydrogen-bond donors (Lipinski definition) is 0. The zero-order valence-corrected chi connectivity index (χ0v) is 9.45. The van der Waals surface area contributed by atoms with E-state index >= 15 is 0 Å². The Morgan fingerprint density at radius 2 is 1.87 bits per heavy atom. The van der Waals surface area contributed by atoms with Crippen molar-refractivity contribution in [3.8, 4) is 5.75 Å². The number of rotatable bonds is 4. The van der Waals surface area contributed by atoms with Crippen molar-refractivity contribution in [2.45, 2.75) is 31.3 Å².